The van der Waals surface area contributed by atoms with E-state index < -0.39 is 0 Å². The van der Waals surface area contributed by atoms with E-state index in [4.69, 9.17) is 16.3 Å². The van der Waals surface area contributed by atoms with Crippen molar-refractivity contribution in [1.82, 2.24) is 15.2 Å². The van der Waals surface area contributed by atoms with E-state index in [0.29, 0.717) is 22.1 Å². The number of nitrogens with one attached hydrogen (secondary N) is 2. The van der Waals surface area contributed by atoms with Crippen molar-refractivity contribution in [2.75, 3.05) is 12.4 Å². The van der Waals surface area contributed by atoms with Gasteiger partial charge in [-0.2, -0.15) is 5.10 Å². The Hall–Kier alpha value is -3.38. The fourth-order valence-electron chi connectivity index (χ4n) is 3.05. The maximum absolute atomic E-state index is 12.8. The predicted octanol–water partition coefficient (Wildman–Crippen LogP) is 4.85. The van der Waals surface area contributed by atoms with E-state index >= 15 is 0 Å². The second kappa shape index (κ2) is 7.32. The van der Waals surface area contributed by atoms with E-state index in [-0.39, 0.29) is 5.91 Å². The fourth-order valence-corrected chi connectivity index (χ4v) is 3.23. The van der Waals surface area contributed by atoms with Gasteiger partial charge in [0.15, 0.2) is 5.82 Å². The van der Waals surface area contributed by atoms with Crippen molar-refractivity contribution in [2.45, 2.75) is 6.92 Å². The van der Waals surface area contributed by atoms with Crippen molar-refractivity contribution in [1.29, 1.82) is 0 Å². The average Bonchev–Trinajstić information content (AvgIpc) is 3.16. The van der Waals surface area contributed by atoms with E-state index in [1.807, 2.05) is 30.3 Å². The number of carbonyl (C=O) groups excluding carboxylic acids is 1. The summed E-state index contributed by atoms with van der Waals surface area (Å²) >= 11 is 6.05. The molecule has 0 fully saturated rings. The largest absolute Gasteiger partial charge is 0.496 e. The van der Waals surface area contributed by atoms with Crippen molar-refractivity contribution in [3.8, 4) is 17.0 Å². The molecule has 2 N–H and O–H groups in total. The van der Waals surface area contributed by atoms with E-state index in [1.54, 1.807) is 38.3 Å². The average molecular weight is 393 g/mol. The summed E-state index contributed by atoms with van der Waals surface area (Å²) in [5.74, 6) is 0.844. The van der Waals surface area contributed by atoms with Crippen molar-refractivity contribution < 1.29 is 9.53 Å². The first-order valence-corrected chi connectivity index (χ1v) is 9.00. The monoisotopic (exact) mass is 392 g/mol. The number of anilines is 1. The summed E-state index contributed by atoms with van der Waals surface area (Å²) < 4.78 is 5.37. The number of hydrogen-bond acceptors (Lipinski definition) is 4. The van der Waals surface area contributed by atoms with E-state index in [9.17, 15) is 4.79 Å². The molecule has 0 radical (unpaired) electrons. The first-order chi connectivity index (χ1) is 13.5. The summed E-state index contributed by atoms with van der Waals surface area (Å²) in [4.78, 5) is 17.3. The zero-order valence-corrected chi connectivity index (χ0v) is 16.0. The van der Waals surface area contributed by atoms with Gasteiger partial charge in [-0.25, -0.2) is 0 Å². The van der Waals surface area contributed by atoms with Crippen LogP contribution in [0.3, 0.4) is 0 Å². The van der Waals surface area contributed by atoms with Crippen molar-refractivity contribution in [3.05, 3.63) is 70.9 Å². The Balaban J connectivity index is 1.62. The summed E-state index contributed by atoms with van der Waals surface area (Å²) in [5, 5.41) is 11.3. The molecule has 0 saturated heterocycles. The number of amides is 1. The quantitative estimate of drug-likeness (QED) is 0.520. The number of methoxy groups -OCH3 is 1. The highest BCUT2D eigenvalue weighted by atomic mass is 35.5. The smallest absolute Gasteiger partial charge is 0.258 e. The topological polar surface area (TPSA) is 79.9 Å². The summed E-state index contributed by atoms with van der Waals surface area (Å²) in [7, 11) is 1.61. The molecule has 7 heteroatoms. The van der Waals surface area contributed by atoms with Crippen molar-refractivity contribution in [2.24, 2.45) is 0 Å². The molecule has 2 heterocycles. The van der Waals surface area contributed by atoms with Gasteiger partial charge >= 0.3 is 0 Å². The van der Waals surface area contributed by atoms with Crippen LogP contribution >= 0.6 is 11.6 Å². The van der Waals surface area contributed by atoms with Gasteiger partial charge in [0, 0.05) is 22.0 Å². The van der Waals surface area contributed by atoms with Gasteiger partial charge in [0.25, 0.3) is 5.91 Å². The summed E-state index contributed by atoms with van der Waals surface area (Å²) in [6.45, 7) is 1.80. The van der Waals surface area contributed by atoms with Crippen molar-refractivity contribution in [3.63, 3.8) is 0 Å². The molecule has 0 atom stereocenters. The Morgan fingerprint density at radius 2 is 1.96 bits per heavy atom. The molecule has 0 aliphatic rings. The summed E-state index contributed by atoms with van der Waals surface area (Å²) in [6.07, 6.45) is 0. The third-order valence-corrected chi connectivity index (χ3v) is 4.66. The van der Waals surface area contributed by atoms with Crippen molar-refractivity contribution >= 4 is 34.2 Å². The second-order valence-corrected chi connectivity index (χ2v) is 6.72. The molecule has 0 aliphatic heterocycles. The Bertz CT molecular complexity index is 1190. The third-order valence-electron chi connectivity index (χ3n) is 4.43. The lowest BCUT2D eigenvalue weighted by Crippen LogP contribution is -2.14. The first kappa shape index (κ1) is 18.0. The molecule has 0 aliphatic carbocycles. The lowest BCUT2D eigenvalue weighted by molar-refractivity contribution is 0.102. The minimum absolute atomic E-state index is 0.287. The van der Waals surface area contributed by atoms with Crippen LogP contribution in [0.4, 0.5) is 5.82 Å². The number of carbonyl (C=O) groups is 1. The zero-order valence-electron chi connectivity index (χ0n) is 15.3. The second-order valence-electron chi connectivity index (χ2n) is 6.28. The molecule has 0 spiro atoms. The van der Waals surface area contributed by atoms with Crippen LogP contribution in [0.25, 0.3) is 22.2 Å². The number of fused-ring (bicyclic) bond motifs is 1. The lowest BCUT2D eigenvalue weighted by atomic mass is 10.1. The van der Waals surface area contributed by atoms with Gasteiger partial charge in [-0.05, 0) is 43.3 Å². The summed E-state index contributed by atoms with van der Waals surface area (Å²) in [6, 6.07) is 16.5. The zero-order chi connectivity index (χ0) is 19.7. The van der Waals surface area contributed by atoms with Crippen LogP contribution in [0, 0.1) is 6.92 Å². The number of benzene rings is 2. The molecule has 0 bridgehead atoms. The highest BCUT2D eigenvalue weighted by molar-refractivity contribution is 6.31. The van der Waals surface area contributed by atoms with Crippen LogP contribution in [0.1, 0.15) is 16.1 Å². The molecule has 2 aromatic carbocycles. The standard InChI is InChI=1S/C21H17ClN4O2/c1-12-16(10-13-9-14(22)7-8-17(13)23-12)21(27)24-20-11-18(25-26-20)15-5-3-4-6-19(15)28-2/h3-11H,1-2H3,(H2,24,25,26,27). The molecular weight excluding hydrogens is 376 g/mol. The Kier molecular flexibility index (Phi) is 4.71. The van der Waals surface area contributed by atoms with Crippen LogP contribution in [-0.4, -0.2) is 28.2 Å². The van der Waals surface area contributed by atoms with Crippen LogP contribution in [0.2, 0.25) is 5.02 Å². The number of halogens is 1. The number of para-hydroxylation sites is 1. The van der Waals surface area contributed by atoms with E-state index in [1.165, 1.54) is 0 Å². The molecule has 0 unspecified atom stereocenters. The molecule has 4 aromatic rings. The first-order valence-electron chi connectivity index (χ1n) is 8.62. The number of pyridine rings is 1. The van der Waals surface area contributed by atoms with Gasteiger partial charge < -0.3 is 10.1 Å². The Morgan fingerprint density at radius 1 is 1.14 bits per heavy atom. The number of ether oxygens (including phenoxy) is 1. The molecule has 140 valence electrons. The number of aromatic amines is 1. The van der Waals surface area contributed by atoms with Gasteiger partial charge in [0.05, 0.1) is 29.6 Å². The highest BCUT2D eigenvalue weighted by Gasteiger charge is 2.15. The number of aryl methyl sites for hydroxylation is 1. The minimum atomic E-state index is -0.287. The maximum atomic E-state index is 12.8. The van der Waals surface area contributed by atoms with Gasteiger partial charge in [-0.1, -0.05) is 23.7 Å². The SMILES string of the molecule is COc1ccccc1-c1cc(NC(=O)c2cc3cc(Cl)ccc3nc2C)n[nH]1. The highest BCUT2D eigenvalue weighted by Crippen LogP contribution is 2.29. The number of H-pyrrole nitrogens is 1. The van der Waals surface area contributed by atoms with Gasteiger partial charge in [0.2, 0.25) is 0 Å². The molecule has 0 saturated carbocycles. The molecular formula is C21H17ClN4O2. The van der Waals surface area contributed by atoms with Gasteiger partial charge in [-0.3, -0.25) is 14.9 Å². The fraction of sp³-hybridized carbons (Fsp3) is 0.0952. The number of aromatic nitrogens is 3. The van der Waals surface area contributed by atoms with E-state index in [2.05, 4.69) is 20.5 Å². The van der Waals surface area contributed by atoms with E-state index in [0.717, 1.165) is 27.9 Å². The normalized spacial score (nSPS) is 10.8. The Morgan fingerprint density at radius 3 is 2.79 bits per heavy atom. The Labute approximate surface area is 166 Å². The van der Waals surface area contributed by atoms with Gasteiger partial charge in [0.1, 0.15) is 5.75 Å². The predicted molar refractivity (Wildman–Crippen MR) is 110 cm³/mol. The third kappa shape index (κ3) is 3.42. The molecule has 2 aromatic heterocycles. The molecule has 28 heavy (non-hydrogen) atoms. The molecule has 1 amide bonds. The number of nitrogens with zero attached hydrogens (tertiary/aromatic N) is 2. The minimum Gasteiger partial charge on any atom is -0.496 e. The lowest BCUT2D eigenvalue weighted by Gasteiger charge is -2.07. The molecule has 4 rings (SSSR count). The maximum Gasteiger partial charge on any atom is 0.258 e. The van der Waals surface area contributed by atoms with Gasteiger partial charge in [-0.15, -0.1) is 0 Å². The van der Waals surface area contributed by atoms with Crippen LogP contribution in [0.5, 0.6) is 5.75 Å². The van der Waals surface area contributed by atoms with Crippen LogP contribution in [0.15, 0.2) is 54.6 Å². The van der Waals surface area contributed by atoms with Crippen LogP contribution < -0.4 is 10.1 Å². The number of rotatable bonds is 4. The summed E-state index contributed by atoms with van der Waals surface area (Å²) in [5.41, 5.74) is 3.49. The van der Waals surface area contributed by atoms with Crippen LogP contribution in [-0.2, 0) is 0 Å². The number of hydrogen-bond donors (Lipinski definition) is 2. The molecule has 6 nitrogen and oxygen atoms in total.